The van der Waals surface area contributed by atoms with E-state index < -0.39 is 5.97 Å². The molecule has 0 saturated carbocycles. The van der Waals surface area contributed by atoms with Crippen LogP contribution in [0, 0.1) is 0 Å². The minimum absolute atomic E-state index is 0.229. The lowest BCUT2D eigenvalue weighted by Crippen LogP contribution is -2.00. The second-order valence-corrected chi connectivity index (χ2v) is 4.86. The molecule has 0 aliphatic carbocycles. The first-order valence-electron chi connectivity index (χ1n) is 5.63. The maximum Gasteiger partial charge on any atom is 0.336 e. The quantitative estimate of drug-likeness (QED) is 0.516. The maximum atomic E-state index is 11.4. The van der Waals surface area contributed by atoms with Crippen molar-refractivity contribution in [2.45, 2.75) is 0 Å². The zero-order chi connectivity index (χ0) is 13.8. The molecule has 0 atom stereocenters. The van der Waals surface area contributed by atoms with Gasteiger partial charge in [-0.15, -0.1) is 0 Å². The molecule has 0 heterocycles. The lowest BCUT2D eigenvalue weighted by molar-refractivity contribution is -0.130. The molecule has 0 amide bonds. The summed E-state index contributed by atoms with van der Waals surface area (Å²) < 4.78 is 0.851. The molecule has 0 spiro atoms. The molecule has 96 valence electrons. The fourth-order valence-electron chi connectivity index (χ4n) is 1.68. The van der Waals surface area contributed by atoms with Gasteiger partial charge in [0.15, 0.2) is 0 Å². The van der Waals surface area contributed by atoms with Crippen molar-refractivity contribution in [3.63, 3.8) is 0 Å². The van der Waals surface area contributed by atoms with E-state index in [4.69, 9.17) is 5.73 Å². The van der Waals surface area contributed by atoms with E-state index in [9.17, 15) is 9.90 Å². The fraction of sp³-hybridized carbons (Fsp3) is 0. The molecule has 0 unspecified atom stereocenters. The van der Waals surface area contributed by atoms with Gasteiger partial charge in [0.2, 0.25) is 0 Å². The van der Waals surface area contributed by atoms with Gasteiger partial charge in [-0.2, -0.15) is 0 Å². The van der Waals surface area contributed by atoms with Crippen LogP contribution in [-0.2, 0) is 4.79 Å². The molecular weight excluding hydrogens is 306 g/mol. The van der Waals surface area contributed by atoms with E-state index >= 15 is 0 Å². The molecule has 19 heavy (non-hydrogen) atoms. The summed E-state index contributed by atoms with van der Waals surface area (Å²) in [7, 11) is 0. The van der Waals surface area contributed by atoms with Crippen LogP contribution in [0.15, 0.2) is 53.0 Å². The molecular formula is C15H12BrNO2. The number of carboxylic acids is 1. The minimum atomic E-state index is -0.972. The van der Waals surface area contributed by atoms with Gasteiger partial charge in [-0.25, -0.2) is 4.79 Å². The zero-order valence-electron chi connectivity index (χ0n) is 10.0. The first kappa shape index (κ1) is 13.4. The van der Waals surface area contributed by atoms with Gasteiger partial charge in [-0.1, -0.05) is 46.3 Å². The summed E-state index contributed by atoms with van der Waals surface area (Å²) in [6.45, 7) is 0. The monoisotopic (exact) mass is 317 g/mol. The van der Waals surface area contributed by atoms with Crippen LogP contribution in [0.1, 0.15) is 11.1 Å². The van der Waals surface area contributed by atoms with Crippen molar-refractivity contribution in [3.05, 3.63) is 64.1 Å². The number of nitrogens with two attached hydrogens (primary N) is 1. The van der Waals surface area contributed by atoms with Crippen LogP contribution < -0.4 is 5.73 Å². The molecule has 0 fully saturated rings. The Labute approximate surface area is 119 Å². The number of anilines is 1. The Morgan fingerprint density at radius 3 is 2.32 bits per heavy atom. The molecule has 0 saturated heterocycles. The second kappa shape index (κ2) is 5.71. The van der Waals surface area contributed by atoms with Crippen molar-refractivity contribution in [2.75, 3.05) is 5.73 Å². The van der Waals surface area contributed by atoms with Crippen molar-refractivity contribution in [1.82, 2.24) is 0 Å². The van der Waals surface area contributed by atoms with Gasteiger partial charge in [0, 0.05) is 10.2 Å². The van der Waals surface area contributed by atoms with Crippen LogP contribution in [0.25, 0.3) is 11.6 Å². The molecule has 2 aromatic rings. The number of nitrogen functional groups attached to an aromatic ring is 1. The summed E-state index contributed by atoms with van der Waals surface area (Å²) in [4.78, 5) is 11.4. The van der Waals surface area contributed by atoms with E-state index in [0.29, 0.717) is 11.3 Å². The Morgan fingerprint density at radius 1 is 1.11 bits per heavy atom. The highest BCUT2D eigenvalue weighted by Crippen LogP contribution is 2.24. The lowest BCUT2D eigenvalue weighted by atomic mass is 10.0. The Morgan fingerprint density at radius 2 is 1.74 bits per heavy atom. The first-order valence-corrected chi connectivity index (χ1v) is 6.42. The summed E-state index contributed by atoms with van der Waals surface area (Å²) >= 11 is 3.40. The normalized spacial score (nSPS) is 11.3. The number of hydrogen-bond acceptors (Lipinski definition) is 2. The molecule has 2 rings (SSSR count). The third-order valence-electron chi connectivity index (χ3n) is 2.66. The van der Waals surface area contributed by atoms with E-state index in [0.717, 1.165) is 10.0 Å². The fourth-order valence-corrected chi connectivity index (χ4v) is 2.08. The van der Waals surface area contributed by atoms with Crippen LogP contribution in [0.3, 0.4) is 0 Å². The van der Waals surface area contributed by atoms with Gasteiger partial charge < -0.3 is 10.8 Å². The van der Waals surface area contributed by atoms with E-state index in [2.05, 4.69) is 15.9 Å². The SMILES string of the molecule is Nc1ccc(/C(=C/c2ccccc2Br)C(=O)O)cc1. The third kappa shape index (κ3) is 3.23. The maximum absolute atomic E-state index is 11.4. The van der Waals surface area contributed by atoms with E-state index in [1.807, 2.05) is 24.3 Å². The third-order valence-corrected chi connectivity index (χ3v) is 3.38. The van der Waals surface area contributed by atoms with Gasteiger partial charge in [0.05, 0.1) is 5.57 Å². The first-order chi connectivity index (χ1) is 9.08. The standard InChI is InChI=1S/C15H12BrNO2/c16-14-4-2-1-3-11(14)9-13(15(18)19)10-5-7-12(17)8-6-10/h1-9H,17H2,(H,18,19)/b13-9-. The number of halogens is 1. The molecule has 3 nitrogen and oxygen atoms in total. The molecule has 0 aliphatic rings. The molecule has 3 N–H and O–H groups in total. The van der Waals surface area contributed by atoms with Crippen molar-refractivity contribution in [2.24, 2.45) is 0 Å². The number of hydrogen-bond donors (Lipinski definition) is 2. The Bertz CT molecular complexity index is 633. The van der Waals surface area contributed by atoms with Gasteiger partial charge in [0.1, 0.15) is 0 Å². The molecule has 2 aromatic carbocycles. The second-order valence-electron chi connectivity index (χ2n) is 4.01. The predicted molar refractivity (Wildman–Crippen MR) is 80.5 cm³/mol. The largest absolute Gasteiger partial charge is 0.478 e. The number of benzene rings is 2. The lowest BCUT2D eigenvalue weighted by Gasteiger charge is -2.05. The van der Waals surface area contributed by atoms with E-state index in [-0.39, 0.29) is 5.57 Å². The Balaban J connectivity index is 2.50. The van der Waals surface area contributed by atoms with Crippen molar-refractivity contribution in [1.29, 1.82) is 0 Å². The van der Waals surface area contributed by atoms with Crippen LogP contribution in [0.5, 0.6) is 0 Å². The smallest absolute Gasteiger partial charge is 0.336 e. The summed E-state index contributed by atoms with van der Waals surface area (Å²) in [6, 6.07) is 14.2. The summed E-state index contributed by atoms with van der Waals surface area (Å²) in [5, 5.41) is 9.33. The van der Waals surface area contributed by atoms with Gasteiger partial charge in [0.25, 0.3) is 0 Å². The Kier molecular flexibility index (Phi) is 4.02. The Hall–Kier alpha value is -2.07. The zero-order valence-corrected chi connectivity index (χ0v) is 11.6. The van der Waals surface area contributed by atoms with E-state index in [1.54, 1.807) is 30.3 Å². The van der Waals surface area contributed by atoms with Crippen molar-refractivity contribution < 1.29 is 9.90 Å². The summed E-state index contributed by atoms with van der Waals surface area (Å²) in [5.74, 6) is -0.972. The molecule has 0 radical (unpaired) electrons. The van der Waals surface area contributed by atoms with Crippen LogP contribution in [0.4, 0.5) is 5.69 Å². The van der Waals surface area contributed by atoms with Crippen molar-refractivity contribution in [3.8, 4) is 0 Å². The highest BCUT2D eigenvalue weighted by molar-refractivity contribution is 9.10. The number of rotatable bonds is 3. The van der Waals surface area contributed by atoms with Gasteiger partial charge >= 0.3 is 5.97 Å². The summed E-state index contributed by atoms with van der Waals surface area (Å²) in [5.41, 5.74) is 7.88. The van der Waals surface area contributed by atoms with Crippen molar-refractivity contribution >= 4 is 39.2 Å². The minimum Gasteiger partial charge on any atom is -0.478 e. The average Bonchev–Trinajstić information content (AvgIpc) is 2.39. The topological polar surface area (TPSA) is 63.3 Å². The average molecular weight is 318 g/mol. The van der Waals surface area contributed by atoms with E-state index in [1.165, 1.54) is 0 Å². The molecule has 0 aromatic heterocycles. The number of aliphatic carboxylic acids is 1. The molecule has 4 heteroatoms. The van der Waals surface area contributed by atoms with Crippen LogP contribution >= 0.6 is 15.9 Å². The highest BCUT2D eigenvalue weighted by atomic mass is 79.9. The van der Waals surface area contributed by atoms with Crippen LogP contribution in [0.2, 0.25) is 0 Å². The molecule has 0 bridgehead atoms. The van der Waals surface area contributed by atoms with Gasteiger partial charge in [-0.3, -0.25) is 0 Å². The van der Waals surface area contributed by atoms with Crippen LogP contribution in [-0.4, -0.2) is 11.1 Å². The van der Waals surface area contributed by atoms with Gasteiger partial charge in [-0.05, 0) is 35.4 Å². The number of carbonyl (C=O) groups is 1. The predicted octanol–water partition coefficient (Wildman–Crippen LogP) is 3.66. The summed E-state index contributed by atoms with van der Waals surface area (Å²) in [6.07, 6.45) is 1.64. The molecule has 0 aliphatic heterocycles. The number of carboxylic acid groups (broad SMARTS) is 1. The highest BCUT2D eigenvalue weighted by Gasteiger charge is 2.11.